The molecule has 0 heterocycles. The number of benzene rings is 1. The molecule has 1 aromatic carbocycles. The first-order chi connectivity index (χ1) is 8.51. The lowest BCUT2D eigenvalue weighted by molar-refractivity contribution is 0.0833. The van der Waals surface area contributed by atoms with Crippen molar-refractivity contribution in [2.75, 3.05) is 0 Å². The van der Waals surface area contributed by atoms with E-state index in [1.807, 2.05) is 26.0 Å². The van der Waals surface area contributed by atoms with Gasteiger partial charge in [-0.1, -0.05) is 64.8 Å². The number of Topliss-reactive ketones (excluding diaryl/α,β-unsaturated/α-hetero) is 1. The molecule has 1 rings (SSSR count). The third-order valence-corrected chi connectivity index (χ3v) is 3.78. The molecule has 0 aliphatic rings. The van der Waals surface area contributed by atoms with E-state index in [4.69, 9.17) is 0 Å². The Morgan fingerprint density at radius 1 is 1.06 bits per heavy atom. The molecule has 0 radical (unpaired) electrons. The van der Waals surface area contributed by atoms with Gasteiger partial charge in [0.15, 0.2) is 5.78 Å². The summed E-state index contributed by atoms with van der Waals surface area (Å²) < 4.78 is 0. The van der Waals surface area contributed by atoms with Crippen molar-refractivity contribution in [3.8, 4) is 0 Å². The van der Waals surface area contributed by atoms with Crippen LogP contribution in [-0.2, 0) is 6.42 Å². The summed E-state index contributed by atoms with van der Waals surface area (Å²) in [5.74, 6) is 0.255. The first-order valence-corrected chi connectivity index (χ1v) is 7.15. The van der Waals surface area contributed by atoms with Crippen LogP contribution in [0.4, 0.5) is 0 Å². The van der Waals surface area contributed by atoms with Crippen molar-refractivity contribution in [1.29, 1.82) is 0 Å². The molecular formula is C17H26O. The number of rotatable bonds is 7. The molecule has 0 unspecified atom stereocenters. The van der Waals surface area contributed by atoms with Gasteiger partial charge in [0.25, 0.3) is 0 Å². The Morgan fingerprint density at radius 2 is 1.67 bits per heavy atom. The van der Waals surface area contributed by atoms with Gasteiger partial charge < -0.3 is 0 Å². The lowest BCUT2D eigenvalue weighted by atomic mass is 9.82. The van der Waals surface area contributed by atoms with E-state index in [9.17, 15) is 4.79 Å². The van der Waals surface area contributed by atoms with Crippen LogP contribution in [-0.4, -0.2) is 5.78 Å². The Morgan fingerprint density at radius 3 is 2.17 bits per heavy atom. The molecule has 0 atom stereocenters. The van der Waals surface area contributed by atoms with E-state index >= 15 is 0 Å². The van der Waals surface area contributed by atoms with Crippen molar-refractivity contribution in [1.82, 2.24) is 0 Å². The standard InChI is InChI=1S/C17H26O/c1-5-7-8-9-14-10-12-15(13-11-14)16(18)17(3,4)6-2/h10-13H,5-9H2,1-4H3. The van der Waals surface area contributed by atoms with Crippen molar-refractivity contribution < 1.29 is 4.79 Å². The Balaban J connectivity index is 2.68. The fourth-order valence-corrected chi connectivity index (χ4v) is 1.95. The maximum Gasteiger partial charge on any atom is 0.168 e. The molecule has 0 spiro atoms. The number of aryl methyl sites for hydroxylation is 1. The lowest BCUT2D eigenvalue weighted by Crippen LogP contribution is -2.23. The Kier molecular flexibility index (Phi) is 5.58. The summed E-state index contributed by atoms with van der Waals surface area (Å²) in [6.07, 6.45) is 5.78. The van der Waals surface area contributed by atoms with E-state index in [1.54, 1.807) is 0 Å². The molecule has 1 aromatic rings. The van der Waals surface area contributed by atoms with E-state index in [0.29, 0.717) is 0 Å². The number of carbonyl (C=O) groups excluding carboxylic acids is 1. The molecule has 0 bridgehead atoms. The van der Waals surface area contributed by atoms with Crippen molar-refractivity contribution >= 4 is 5.78 Å². The highest BCUT2D eigenvalue weighted by atomic mass is 16.1. The SMILES string of the molecule is CCCCCc1ccc(C(=O)C(C)(C)CC)cc1. The van der Waals surface area contributed by atoms with E-state index in [0.717, 1.165) is 18.4 Å². The Hall–Kier alpha value is -1.11. The zero-order valence-corrected chi connectivity index (χ0v) is 12.3. The third-order valence-electron chi connectivity index (χ3n) is 3.78. The molecule has 1 heteroatoms. The van der Waals surface area contributed by atoms with Crippen LogP contribution in [0.15, 0.2) is 24.3 Å². The van der Waals surface area contributed by atoms with E-state index in [2.05, 4.69) is 26.0 Å². The second-order valence-electron chi connectivity index (χ2n) is 5.72. The number of ketones is 1. The summed E-state index contributed by atoms with van der Waals surface area (Å²) in [5.41, 5.74) is 1.94. The summed E-state index contributed by atoms with van der Waals surface area (Å²) in [6, 6.07) is 8.19. The minimum Gasteiger partial charge on any atom is -0.294 e. The molecule has 0 aliphatic heterocycles. The second-order valence-corrected chi connectivity index (χ2v) is 5.72. The fourth-order valence-electron chi connectivity index (χ4n) is 1.95. The van der Waals surface area contributed by atoms with Gasteiger partial charge >= 0.3 is 0 Å². The Labute approximate surface area is 112 Å². The molecule has 1 nitrogen and oxygen atoms in total. The van der Waals surface area contributed by atoms with E-state index in [-0.39, 0.29) is 11.2 Å². The molecule has 0 saturated heterocycles. The number of hydrogen-bond donors (Lipinski definition) is 0. The van der Waals surface area contributed by atoms with Crippen molar-refractivity contribution in [2.45, 2.75) is 59.8 Å². The van der Waals surface area contributed by atoms with Crippen LogP contribution in [0, 0.1) is 5.41 Å². The molecule has 0 fully saturated rings. The predicted octanol–water partition coefficient (Wildman–Crippen LogP) is 5.04. The molecule has 18 heavy (non-hydrogen) atoms. The normalized spacial score (nSPS) is 11.6. The van der Waals surface area contributed by atoms with E-state index in [1.165, 1.54) is 24.8 Å². The van der Waals surface area contributed by atoms with Gasteiger partial charge in [0.1, 0.15) is 0 Å². The topological polar surface area (TPSA) is 17.1 Å². The summed E-state index contributed by atoms with van der Waals surface area (Å²) in [4.78, 5) is 12.3. The summed E-state index contributed by atoms with van der Waals surface area (Å²) >= 11 is 0. The zero-order valence-electron chi connectivity index (χ0n) is 12.3. The first-order valence-electron chi connectivity index (χ1n) is 7.15. The van der Waals surface area contributed by atoms with Crippen LogP contribution < -0.4 is 0 Å². The van der Waals surface area contributed by atoms with Crippen LogP contribution in [0.1, 0.15) is 69.3 Å². The van der Waals surface area contributed by atoms with Crippen molar-refractivity contribution in [3.63, 3.8) is 0 Å². The highest BCUT2D eigenvalue weighted by Crippen LogP contribution is 2.25. The minimum absolute atomic E-state index is 0.246. The molecule has 100 valence electrons. The predicted molar refractivity (Wildman–Crippen MR) is 78.1 cm³/mol. The zero-order chi connectivity index (χ0) is 13.6. The number of carbonyl (C=O) groups is 1. The summed E-state index contributed by atoms with van der Waals surface area (Å²) in [7, 11) is 0. The largest absolute Gasteiger partial charge is 0.294 e. The van der Waals surface area contributed by atoms with Crippen LogP contribution in [0.2, 0.25) is 0 Å². The van der Waals surface area contributed by atoms with Crippen LogP contribution in [0.25, 0.3) is 0 Å². The van der Waals surface area contributed by atoms with Gasteiger partial charge in [-0.3, -0.25) is 4.79 Å². The Bertz CT molecular complexity index is 373. The highest BCUT2D eigenvalue weighted by Gasteiger charge is 2.26. The molecule has 0 aromatic heterocycles. The van der Waals surface area contributed by atoms with Gasteiger partial charge in [-0.15, -0.1) is 0 Å². The van der Waals surface area contributed by atoms with Gasteiger partial charge in [-0.25, -0.2) is 0 Å². The van der Waals surface area contributed by atoms with Crippen molar-refractivity contribution in [2.24, 2.45) is 5.41 Å². The van der Waals surface area contributed by atoms with E-state index < -0.39 is 0 Å². The van der Waals surface area contributed by atoms with Crippen LogP contribution >= 0.6 is 0 Å². The van der Waals surface area contributed by atoms with Gasteiger partial charge in [0.05, 0.1) is 0 Å². The first kappa shape index (κ1) is 14.9. The van der Waals surface area contributed by atoms with Gasteiger partial charge in [0, 0.05) is 11.0 Å². The van der Waals surface area contributed by atoms with Gasteiger partial charge in [-0.05, 0) is 24.8 Å². The molecule has 0 saturated carbocycles. The average Bonchev–Trinajstić information content (AvgIpc) is 2.39. The highest BCUT2D eigenvalue weighted by molar-refractivity contribution is 6.00. The van der Waals surface area contributed by atoms with Gasteiger partial charge in [-0.2, -0.15) is 0 Å². The lowest BCUT2D eigenvalue weighted by Gasteiger charge is -2.20. The maximum absolute atomic E-state index is 12.3. The quantitative estimate of drug-likeness (QED) is 0.486. The minimum atomic E-state index is -0.246. The van der Waals surface area contributed by atoms with Crippen LogP contribution in [0.3, 0.4) is 0 Å². The summed E-state index contributed by atoms with van der Waals surface area (Å²) in [5, 5.41) is 0. The second kappa shape index (κ2) is 6.72. The van der Waals surface area contributed by atoms with Crippen LogP contribution in [0.5, 0.6) is 0 Å². The number of hydrogen-bond acceptors (Lipinski definition) is 1. The summed E-state index contributed by atoms with van der Waals surface area (Å²) in [6.45, 7) is 8.32. The molecule has 0 N–H and O–H groups in total. The third kappa shape index (κ3) is 3.97. The number of unbranched alkanes of at least 4 members (excludes halogenated alkanes) is 2. The molecule has 0 aliphatic carbocycles. The maximum atomic E-state index is 12.3. The average molecular weight is 246 g/mol. The van der Waals surface area contributed by atoms with Crippen molar-refractivity contribution in [3.05, 3.63) is 35.4 Å². The smallest absolute Gasteiger partial charge is 0.168 e. The molecular weight excluding hydrogens is 220 g/mol. The molecule has 0 amide bonds. The van der Waals surface area contributed by atoms with Gasteiger partial charge in [0.2, 0.25) is 0 Å². The fraction of sp³-hybridized carbons (Fsp3) is 0.588. The monoisotopic (exact) mass is 246 g/mol.